The van der Waals surface area contributed by atoms with Crippen molar-refractivity contribution >= 4 is 5.91 Å². The molecule has 8 nitrogen and oxygen atoms in total. The van der Waals surface area contributed by atoms with Crippen LogP contribution in [0, 0.1) is 6.92 Å². The zero-order valence-electron chi connectivity index (χ0n) is 12.4. The molecule has 3 N–H and O–H groups in total. The zero-order chi connectivity index (χ0) is 16.3. The van der Waals surface area contributed by atoms with Gasteiger partial charge < -0.3 is 9.47 Å². The third-order valence-corrected chi connectivity index (χ3v) is 3.07. The normalized spacial score (nSPS) is 10.2. The monoisotopic (exact) mass is 304 g/mol. The molecule has 22 heavy (non-hydrogen) atoms. The molecule has 1 aromatic heterocycles. The molecule has 2 aromatic rings. The first-order valence-corrected chi connectivity index (χ1v) is 6.36. The second-order valence-electron chi connectivity index (χ2n) is 4.42. The quantitative estimate of drug-likeness (QED) is 0.473. The predicted molar refractivity (Wildman–Crippen MR) is 79.3 cm³/mol. The SMILES string of the molecule is COc1ccc(-n2nc(C(=O)NN)c(=O)cc2C)c(OC)c1. The van der Waals surface area contributed by atoms with Crippen molar-refractivity contribution in [3.8, 4) is 17.2 Å². The molecule has 1 aromatic carbocycles. The zero-order valence-corrected chi connectivity index (χ0v) is 12.4. The summed E-state index contributed by atoms with van der Waals surface area (Å²) in [5, 5.41) is 4.07. The number of benzene rings is 1. The Morgan fingerprint density at radius 3 is 2.59 bits per heavy atom. The van der Waals surface area contributed by atoms with Gasteiger partial charge in [0.1, 0.15) is 17.2 Å². The molecule has 2 rings (SSSR count). The number of hydrazine groups is 1. The molecule has 0 fully saturated rings. The highest BCUT2D eigenvalue weighted by molar-refractivity contribution is 5.91. The molecule has 8 heteroatoms. The van der Waals surface area contributed by atoms with Gasteiger partial charge in [-0.2, -0.15) is 5.10 Å². The van der Waals surface area contributed by atoms with Gasteiger partial charge in [0.05, 0.1) is 14.2 Å². The van der Waals surface area contributed by atoms with Gasteiger partial charge in [-0.05, 0) is 19.1 Å². The van der Waals surface area contributed by atoms with E-state index in [4.69, 9.17) is 15.3 Å². The predicted octanol–water partition coefficient (Wildman–Crippen LogP) is 0.162. The van der Waals surface area contributed by atoms with Crippen molar-refractivity contribution in [2.45, 2.75) is 6.92 Å². The van der Waals surface area contributed by atoms with Gasteiger partial charge in [0.15, 0.2) is 5.69 Å². The maximum Gasteiger partial charge on any atom is 0.289 e. The number of amides is 1. The van der Waals surface area contributed by atoms with Crippen molar-refractivity contribution in [2.24, 2.45) is 5.84 Å². The number of nitrogens with one attached hydrogen (secondary N) is 1. The fourth-order valence-corrected chi connectivity index (χ4v) is 1.98. The second kappa shape index (κ2) is 6.27. The van der Waals surface area contributed by atoms with Gasteiger partial charge >= 0.3 is 0 Å². The lowest BCUT2D eigenvalue weighted by Gasteiger charge is -2.15. The van der Waals surface area contributed by atoms with Crippen molar-refractivity contribution in [1.29, 1.82) is 0 Å². The van der Waals surface area contributed by atoms with E-state index in [9.17, 15) is 9.59 Å². The number of nitrogens with two attached hydrogens (primary N) is 1. The number of aromatic nitrogens is 2. The van der Waals surface area contributed by atoms with Crippen LogP contribution in [-0.2, 0) is 0 Å². The van der Waals surface area contributed by atoms with Gasteiger partial charge in [0.2, 0.25) is 5.43 Å². The van der Waals surface area contributed by atoms with E-state index >= 15 is 0 Å². The Morgan fingerprint density at radius 1 is 1.27 bits per heavy atom. The fourth-order valence-electron chi connectivity index (χ4n) is 1.98. The largest absolute Gasteiger partial charge is 0.497 e. The van der Waals surface area contributed by atoms with Gasteiger partial charge in [0, 0.05) is 17.8 Å². The molecule has 1 amide bonds. The molecular formula is C14H16N4O4. The summed E-state index contributed by atoms with van der Waals surface area (Å²) < 4.78 is 11.9. The minimum atomic E-state index is -0.758. The van der Waals surface area contributed by atoms with E-state index in [-0.39, 0.29) is 5.69 Å². The third-order valence-electron chi connectivity index (χ3n) is 3.07. The van der Waals surface area contributed by atoms with Crippen molar-refractivity contribution in [3.63, 3.8) is 0 Å². The van der Waals surface area contributed by atoms with Crippen molar-refractivity contribution < 1.29 is 14.3 Å². The summed E-state index contributed by atoms with van der Waals surface area (Å²) in [5.74, 6) is 5.40. The van der Waals surface area contributed by atoms with Crippen molar-refractivity contribution in [3.05, 3.63) is 45.9 Å². The van der Waals surface area contributed by atoms with Gasteiger partial charge in [0.25, 0.3) is 5.91 Å². The van der Waals surface area contributed by atoms with Crippen LogP contribution >= 0.6 is 0 Å². The Hall–Kier alpha value is -2.87. The molecule has 0 unspecified atom stereocenters. The smallest absolute Gasteiger partial charge is 0.289 e. The summed E-state index contributed by atoms with van der Waals surface area (Å²) in [7, 11) is 3.05. The molecule has 116 valence electrons. The number of hydrogen-bond donors (Lipinski definition) is 2. The number of carbonyl (C=O) groups excluding carboxylic acids is 1. The van der Waals surface area contributed by atoms with Crippen LogP contribution in [-0.4, -0.2) is 29.9 Å². The summed E-state index contributed by atoms with van der Waals surface area (Å²) in [5.41, 5.74) is 2.20. The van der Waals surface area contributed by atoms with Crippen LogP contribution in [0.5, 0.6) is 11.5 Å². The Bertz CT molecular complexity index is 770. The van der Waals surface area contributed by atoms with Crippen molar-refractivity contribution in [1.82, 2.24) is 15.2 Å². The Kier molecular flexibility index (Phi) is 4.42. The molecule has 0 aliphatic heterocycles. The van der Waals surface area contributed by atoms with Crippen LogP contribution < -0.4 is 26.2 Å². The lowest BCUT2D eigenvalue weighted by molar-refractivity contribution is 0.0945. The Labute approximate surface area is 126 Å². The first-order valence-electron chi connectivity index (χ1n) is 6.36. The van der Waals surface area contributed by atoms with Crippen LogP contribution in [0.2, 0.25) is 0 Å². The minimum Gasteiger partial charge on any atom is -0.497 e. The molecule has 1 heterocycles. The van der Waals surface area contributed by atoms with Gasteiger partial charge in [-0.1, -0.05) is 0 Å². The molecule has 0 saturated heterocycles. The maximum absolute atomic E-state index is 11.8. The van der Waals surface area contributed by atoms with Crippen LogP contribution in [0.1, 0.15) is 16.2 Å². The summed E-state index contributed by atoms with van der Waals surface area (Å²) >= 11 is 0. The summed E-state index contributed by atoms with van der Waals surface area (Å²) in [4.78, 5) is 23.5. The minimum absolute atomic E-state index is 0.300. The highest BCUT2D eigenvalue weighted by atomic mass is 16.5. The molecule has 0 spiro atoms. The third kappa shape index (κ3) is 2.77. The Morgan fingerprint density at radius 2 is 2.00 bits per heavy atom. The molecule has 0 bridgehead atoms. The van der Waals surface area contributed by atoms with E-state index < -0.39 is 11.3 Å². The fraction of sp³-hybridized carbons (Fsp3) is 0.214. The number of methoxy groups -OCH3 is 2. The van der Waals surface area contributed by atoms with E-state index in [1.807, 2.05) is 5.43 Å². The van der Waals surface area contributed by atoms with Crippen LogP contribution in [0.15, 0.2) is 29.1 Å². The first-order chi connectivity index (χ1) is 10.5. The number of hydrogen-bond acceptors (Lipinski definition) is 6. The number of nitrogens with zero attached hydrogens (tertiary/aromatic N) is 2. The number of carbonyl (C=O) groups is 1. The van der Waals surface area contributed by atoms with Gasteiger partial charge in [-0.25, -0.2) is 10.5 Å². The average Bonchev–Trinajstić information content (AvgIpc) is 2.53. The molecule has 0 saturated carbocycles. The Balaban J connectivity index is 2.67. The molecule has 0 atom stereocenters. The maximum atomic E-state index is 11.8. The highest BCUT2D eigenvalue weighted by Gasteiger charge is 2.16. The van der Waals surface area contributed by atoms with E-state index in [0.29, 0.717) is 22.9 Å². The van der Waals surface area contributed by atoms with Gasteiger partial charge in [-0.15, -0.1) is 0 Å². The van der Waals surface area contributed by atoms with Crippen LogP contribution in [0.4, 0.5) is 0 Å². The lowest BCUT2D eigenvalue weighted by atomic mass is 10.2. The molecular weight excluding hydrogens is 288 g/mol. The average molecular weight is 304 g/mol. The number of nitrogen functional groups attached to an aromatic ring is 1. The summed E-state index contributed by atoms with van der Waals surface area (Å²) in [6.45, 7) is 1.70. The first kappa shape index (κ1) is 15.5. The van der Waals surface area contributed by atoms with Crippen LogP contribution in [0.25, 0.3) is 5.69 Å². The number of ether oxygens (including phenoxy) is 2. The summed E-state index contributed by atoms with van der Waals surface area (Å²) in [6, 6.07) is 6.42. The highest BCUT2D eigenvalue weighted by Crippen LogP contribution is 2.27. The topological polar surface area (TPSA) is 108 Å². The van der Waals surface area contributed by atoms with Crippen molar-refractivity contribution in [2.75, 3.05) is 14.2 Å². The number of rotatable bonds is 4. The van der Waals surface area contributed by atoms with E-state index in [1.165, 1.54) is 17.9 Å². The standard InChI is InChI=1S/C14H16N4O4/c1-8-6-11(19)13(14(20)16-15)17-18(8)10-5-4-9(21-2)7-12(10)22-3/h4-7H,15H2,1-3H3,(H,16,20). The second-order valence-corrected chi connectivity index (χ2v) is 4.42. The van der Waals surface area contributed by atoms with E-state index in [0.717, 1.165) is 0 Å². The molecule has 0 radical (unpaired) electrons. The van der Waals surface area contributed by atoms with E-state index in [2.05, 4.69) is 5.10 Å². The van der Waals surface area contributed by atoms with Gasteiger partial charge in [-0.3, -0.25) is 15.0 Å². The number of aryl methyl sites for hydroxylation is 1. The lowest BCUT2D eigenvalue weighted by Crippen LogP contribution is -2.36. The molecule has 0 aliphatic rings. The van der Waals surface area contributed by atoms with Crippen LogP contribution in [0.3, 0.4) is 0 Å². The molecule has 0 aliphatic carbocycles. The van der Waals surface area contributed by atoms with E-state index in [1.54, 1.807) is 32.2 Å². The summed E-state index contributed by atoms with van der Waals surface area (Å²) in [6.07, 6.45) is 0.